The summed E-state index contributed by atoms with van der Waals surface area (Å²) in [5.74, 6) is 1.12. The Morgan fingerprint density at radius 2 is 1.92 bits per heavy atom. The second kappa shape index (κ2) is 5.73. The van der Waals surface area contributed by atoms with Gasteiger partial charge in [0.25, 0.3) is 5.69 Å². The van der Waals surface area contributed by atoms with E-state index in [1.807, 2.05) is 13.8 Å². The minimum absolute atomic E-state index is 0.0791. The van der Waals surface area contributed by atoms with E-state index in [9.17, 15) is 14.9 Å². The average Bonchev–Trinajstić information content (AvgIpc) is 3.05. The van der Waals surface area contributed by atoms with E-state index in [0.717, 1.165) is 41.8 Å². The maximum atomic E-state index is 13.2. The highest BCUT2D eigenvalue weighted by atomic mass is 32.2. The minimum Gasteiger partial charge on any atom is -0.361 e. The zero-order chi connectivity index (χ0) is 17.8. The number of dihydropyridines is 1. The van der Waals surface area contributed by atoms with Crippen LogP contribution in [0.4, 0.5) is 5.69 Å². The van der Waals surface area contributed by atoms with Crippen molar-refractivity contribution in [3.63, 3.8) is 0 Å². The van der Waals surface area contributed by atoms with Crippen LogP contribution in [-0.4, -0.2) is 16.5 Å². The second-order valence-corrected chi connectivity index (χ2v) is 8.59. The highest BCUT2D eigenvalue weighted by Crippen LogP contribution is 2.52. The van der Waals surface area contributed by atoms with Crippen LogP contribution in [-0.2, 0) is 4.79 Å². The summed E-state index contributed by atoms with van der Waals surface area (Å²) in [6.45, 7) is 4.02. The lowest BCUT2D eigenvalue weighted by atomic mass is 9.69. The Morgan fingerprint density at radius 3 is 2.60 bits per heavy atom. The van der Waals surface area contributed by atoms with Crippen molar-refractivity contribution in [1.82, 2.24) is 5.32 Å². The SMILES string of the molecule is CC1(C)CCC2=C(C1=O)C(c1ccc([N+](=O)[O-])cc1)C1=C(CCS1)N2. The van der Waals surface area contributed by atoms with Gasteiger partial charge in [-0.1, -0.05) is 26.0 Å². The van der Waals surface area contributed by atoms with Gasteiger partial charge >= 0.3 is 0 Å². The summed E-state index contributed by atoms with van der Waals surface area (Å²) < 4.78 is 0. The molecule has 0 aromatic heterocycles. The molecule has 0 radical (unpaired) electrons. The number of Topliss-reactive ketones (excluding diaryl/α,β-unsaturated/α-hetero) is 1. The molecule has 0 bridgehead atoms. The number of allylic oxidation sites excluding steroid dienone is 4. The van der Waals surface area contributed by atoms with E-state index in [-0.39, 0.29) is 27.7 Å². The number of rotatable bonds is 2. The van der Waals surface area contributed by atoms with Crippen LogP contribution < -0.4 is 5.32 Å². The van der Waals surface area contributed by atoms with Gasteiger partial charge in [-0.15, -0.1) is 11.8 Å². The highest BCUT2D eigenvalue weighted by molar-refractivity contribution is 8.03. The third-order valence-corrected chi connectivity index (χ3v) is 6.58. The third-order valence-electron chi connectivity index (χ3n) is 5.38. The number of nitrogens with zero attached hydrogens (tertiary/aromatic N) is 1. The van der Waals surface area contributed by atoms with Crippen LogP contribution in [0.1, 0.15) is 44.6 Å². The molecule has 130 valence electrons. The smallest absolute Gasteiger partial charge is 0.269 e. The second-order valence-electron chi connectivity index (χ2n) is 7.45. The van der Waals surface area contributed by atoms with Crippen LogP contribution in [0, 0.1) is 15.5 Å². The molecule has 2 heterocycles. The summed E-state index contributed by atoms with van der Waals surface area (Å²) in [6.07, 6.45) is 2.71. The largest absolute Gasteiger partial charge is 0.361 e. The van der Waals surface area contributed by atoms with Gasteiger partial charge in [0.1, 0.15) is 0 Å². The number of nitro groups is 1. The summed E-state index contributed by atoms with van der Waals surface area (Å²) in [4.78, 5) is 25.0. The van der Waals surface area contributed by atoms with E-state index < -0.39 is 0 Å². The van der Waals surface area contributed by atoms with E-state index in [0.29, 0.717) is 0 Å². The lowest BCUT2D eigenvalue weighted by molar-refractivity contribution is -0.384. The number of nitrogens with one attached hydrogen (secondary N) is 1. The molecular weight excluding hydrogens is 336 g/mol. The Balaban J connectivity index is 1.83. The van der Waals surface area contributed by atoms with Gasteiger partial charge in [0.15, 0.2) is 5.78 Å². The van der Waals surface area contributed by atoms with Gasteiger partial charge < -0.3 is 5.32 Å². The summed E-state index contributed by atoms with van der Waals surface area (Å²) in [5.41, 5.74) is 3.82. The summed E-state index contributed by atoms with van der Waals surface area (Å²) >= 11 is 1.79. The fraction of sp³-hybridized carbons (Fsp3) is 0.421. The molecule has 0 saturated carbocycles. The molecule has 5 nitrogen and oxygen atoms in total. The average molecular weight is 356 g/mol. The first-order valence-electron chi connectivity index (χ1n) is 8.53. The van der Waals surface area contributed by atoms with E-state index >= 15 is 0 Å². The molecule has 0 saturated heterocycles. The Bertz CT molecular complexity index is 837. The van der Waals surface area contributed by atoms with E-state index in [1.54, 1.807) is 23.9 Å². The van der Waals surface area contributed by atoms with Crippen molar-refractivity contribution in [1.29, 1.82) is 0 Å². The maximum Gasteiger partial charge on any atom is 0.269 e. The zero-order valence-electron chi connectivity index (χ0n) is 14.3. The fourth-order valence-corrected chi connectivity index (χ4v) is 5.17. The number of hydrogen-bond acceptors (Lipinski definition) is 5. The number of carbonyl (C=O) groups excluding carboxylic acids is 1. The monoisotopic (exact) mass is 356 g/mol. The predicted molar refractivity (Wildman–Crippen MR) is 98.1 cm³/mol. The first-order valence-corrected chi connectivity index (χ1v) is 9.52. The van der Waals surface area contributed by atoms with Crippen LogP contribution in [0.15, 0.2) is 46.1 Å². The van der Waals surface area contributed by atoms with Gasteiger partial charge in [-0.05, 0) is 24.8 Å². The van der Waals surface area contributed by atoms with Crippen LogP contribution in [0.5, 0.6) is 0 Å². The maximum absolute atomic E-state index is 13.2. The van der Waals surface area contributed by atoms with Gasteiger partial charge in [-0.25, -0.2) is 0 Å². The van der Waals surface area contributed by atoms with Gasteiger partial charge in [0.2, 0.25) is 0 Å². The van der Waals surface area contributed by atoms with Crippen molar-refractivity contribution in [3.05, 3.63) is 61.8 Å². The molecule has 1 aromatic rings. The predicted octanol–water partition coefficient (Wildman–Crippen LogP) is 4.27. The van der Waals surface area contributed by atoms with Gasteiger partial charge in [0, 0.05) is 51.1 Å². The van der Waals surface area contributed by atoms with Crippen LogP contribution in [0.25, 0.3) is 0 Å². The van der Waals surface area contributed by atoms with Crippen molar-refractivity contribution in [2.75, 3.05) is 5.75 Å². The fourth-order valence-electron chi connectivity index (χ4n) is 3.90. The standard InChI is InChI=1S/C19H20N2O3S/c1-19(2)9-7-13-16(18(19)22)15(17-14(20-13)8-10-25-17)11-3-5-12(6-4-11)21(23)24/h3-6,15,20H,7-10H2,1-2H3. The number of non-ortho nitro benzene ring substituents is 1. The number of ketones is 1. The number of hydrogen-bond donors (Lipinski definition) is 1. The van der Waals surface area contributed by atoms with Crippen molar-refractivity contribution in [3.8, 4) is 0 Å². The topological polar surface area (TPSA) is 72.2 Å². The Morgan fingerprint density at radius 1 is 1.20 bits per heavy atom. The number of nitro benzene ring substituents is 1. The zero-order valence-corrected chi connectivity index (χ0v) is 15.1. The van der Waals surface area contributed by atoms with Crippen molar-refractivity contribution in [2.45, 2.75) is 39.0 Å². The molecule has 0 amide bonds. The molecule has 0 spiro atoms. The van der Waals surface area contributed by atoms with Gasteiger partial charge in [0.05, 0.1) is 4.92 Å². The normalized spacial score (nSPS) is 24.7. The summed E-state index contributed by atoms with van der Waals surface area (Å²) in [7, 11) is 0. The van der Waals surface area contributed by atoms with E-state index in [1.165, 1.54) is 22.7 Å². The molecule has 0 fully saturated rings. The van der Waals surface area contributed by atoms with Crippen molar-refractivity contribution >= 4 is 23.2 Å². The summed E-state index contributed by atoms with van der Waals surface area (Å²) in [6, 6.07) is 6.68. The lowest BCUT2D eigenvalue weighted by Crippen LogP contribution is -2.38. The molecular formula is C19H20N2O3S. The van der Waals surface area contributed by atoms with Crippen molar-refractivity contribution in [2.24, 2.45) is 5.41 Å². The minimum atomic E-state index is -0.388. The Hall–Kier alpha value is -2.08. The van der Waals surface area contributed by atoms with Crippen LogP contribution >= 0.6 is 11.8 Å². The Kier molecular flexibility index (Phi) is 3.76. The molecule has 1 aromatic carbocycles. The first-order chi connectivity index (χ1) is 11.9. The number of carbonyl (C=O) groups is 1. The van der Waals surface area contributed by atoms with Gasteiger partial charge in [-0.2, -0.15) is 0 Å². The molecule has 4 rings (SSSR count). The van der Waals surface area contributed by atoms with Crippen molar-refractivity contribution < 1.29 is 9.72 Å². The molecule has 1 atom stereocenters. The highest BCUT2D eigenvalue weighted by Gasteiger charge is 2.44. The molecule has 1 N–H and O–H groups in total. The summed E-state index contributed by atoms with van der Waals surface area (Å²) in [5, 5.41) is 14.5. The molecule has 6 heteroatoms. The molecule has 25 heavy (non-hydrogen) atoms. The Labute approximate surface area is 150 Å². The molecule has 1 aliphatic carbocycles. The van der Waals surface area contributed by atoms with Gasteiger partial charge in [-0.3, -0.25) is 14.9 Å². The lowest BCUT2D eigenvalue weighted by Gasteiger charge is -2.39. The quantitative estimate of drug-likeness (QED) is 0.633. The van der Waals surface area contributed by atoms with Crippen LogP contribution in [0.2, 0.25) is 0 Å². The number of thioether (sulfide) groups is 1. The van der Waals surface area contributed by atoms with E-state index in [4.69, 9.17) is 0 Å². The molecule has 2 aliphatic heterocycles. The number of benzene rings is 1. The van der Waals surface area contributed by atoms with Crippen LogP contribution in [0.3, 0.4) is 0 Å². The first kappa shape index (κ1) is 16.4. The molecule has 3 aliphatic rings. The molecule has 1 unspecified atom stereocenters. The third kappa shape index (κ3) is 2.59. The van der Waals surface area contributed by atoms with E-state index in [2.05, 4.69) is 5.32 Å².